The average molecular weight is 266 g/mol. The zero-order chi connectivity index (χ0) is 14.4. The molecule has 0 aliphatic carbocycles. The van der Waals surface area contributed by atoms with Gasteiger partial charge in [-0.1, -0.05) is 36.4 Å². The minimum Gasteiger partial charge on any atom is -0.423 e. The summed E-state index contributed by atoms with van der Waals surface area (Å²) < 4.78 is 5.25. The number of nitrogens with one attached hydrogen (secondary N) is 1. The molecule has 0 radical (unpaired) electrons. The normalized spacial score (nSPS) is 10.4. The highest BCUT2D eigenvalue weighted by Gasteiger charge is 2.06. The molecule has 0 amide bonds. The maximum absolute atomic E-state index is 11.8. The lowest BCUT2D eigenvalue weighted by molar-refractivity contribution is 0.0735. The van der Waals surface area contributed by atoms with Crippen molar-refractivity contribution < 1.29 is 9.53 Å². The molecular weight excluding hydrogens is 252 g/mol. The van der Waals surface area contributed by atoms with E-state index in [0.717, 1.165) is 5.56 Å². The largest absolute Gasteiger partial charge is 0.423 e. The van der Waals surface area contributed by atoms with Gasteiger partial charge in [-0.3, -0.25) is 5.41 Å². The Morgan fingerprint density at radius 1 is 1.05 bits per heavy atom. The van der Waals surface area contributed by atoms with E-state index in [0.29, 0.717) is 11.3 Å². The first kappa shape index (κ1) is 13.5. The van der Waals surface area contributed by atoms with E-state index in [1.165, 1.54) is 6.08 Å². The lowest BCUT2D eigenvalue weighted by atomic mass is 10.2. The van der Waals surface area contributed by atoms with Crippen LogP contribution in [0.15, 0.2) is 60.7 Å². The second-order valence-electron chi connectivity index (χ2n) is 4.11. The minimum absolute atomic E-state index is 0.00965. The van der Waals surface area contributed by atoms with Gasteiger partial charge in [0.05, 0.1) is 5.56 Å². The number of carbonyl (C=O) groups is 1. The van der Waals surface area contributed by atoms with Crippen LogP contribution in [-0.4, -0.2) is 11.8 Å². The van der Waals surface area contributed by atoms with E-state index in [-0.39, 0.29) is 5.84 Å². The van der Waals surface area contributed by atoms with Crippen LogP contribution in [0.1, 0.15) is 15.9 Å². The van der Waals surface area contributed by atoms with Crippen molar-refractivity contribution in [3.63, 3.8) is 0 Å². The van der Waals surface area contributed by atoms with Crippen LogP contribution in [0.3, 0.4) is 0 Å². The fraction of sp³-hybridized carbons (Fsp3) is 0. The number of hydrogen-bond acceptors (Lipinski definition) is 3. The molecule has 4 nitrogen and oxygen atoms in total. The lowest BCUT2D eigenvalue weighted by Crippen LogP contribution is -2.07. The summed E-state index contributed by atoms with van der Waals surface area (Å²) in [6.45, 7) is 0. The van der Waals surface area contributed by atoms with Crippen molar-refractivity contribution in [3.8, 4) is 5.75 Å². The highest BCUT2D eigenvalue weighted by Crippen LogP contribution is 2.15. The monoisotopic (exact) mass is 266 g/mol. The minimum atomic E-state index is -0.391. The number of benzene rings is 2. The van der Waals surface area contributed by atoms with Crippen LogP contribution in [-0.2, 0) is 0 Å². The molecular formula is C16H14N2O2. The van der Waals surface area contributed by atoms with Gasteiger partial charge in [0.25, 0.3) is 0 Å². The van der Waals surface area contributed by atoms with E-state index < -0.39 is 5.97 Å². The predicted molar refractivity (Wildman–Crippen MR) is 78.8 cm³/mol. The third-order valence-corrected chi connectivity index (χ3v) is 2.56. The molecule has 0 atom stereocenters. The summed E-state index contributed by atoms with van der Waals surface area (Å²) in [7, 11) is 0. The van der Waals surface area contributed by atoms with Crippen molar-refractivity contribution in [2.45, 2.75) is 0 Å². The van der Waals surface area contributed by atoms with Crippen molar-refractivity contribution in [1.29, 1.82) is 5.41 Å². The summed E-state index contributed by atoms with van der Waals surface area (Å²) in [5, 5.41) is 7.10. The molecule has 0 spiro atoms. The Kier molecular flexibility index (Phi) is 4.29. The van der Waals surface area contributed by atoms with Crippen LogP contribution in [0.5, 0.6) is 5.75 Å². The Labute approximate surface area is 117 Å². The Morgan fingerprint density at radius 2 is 1.70 bits per heavy atom. The maximum Gasteiger partial charge on any atom is 0.343 e. The quantitative estimate of drug-likeness (QED) is 0.386. The standard InChI is InChI=1S/C16H14N2O2/c17-15(18)11-8-12-6-9-14(10-7-12)20-16(19)13-4-2-1-3-5-13/h1-11H,(H3,17,18)/b11-8+. The summed E-state index contributed by atoms with van der Waals surface area (Å²) in [5.74, 6) is 0.0704. The van der Waals surface area contributed by atoms with Gasteiger partial charge >= 0.3 is 5.97 Å². The van der Waals surface area contributed by atoms with Gasteiger partial charge in [0.1, 0.15) is 11.6 Å². The van der Waals surface area contributed by atoms with Crippen molar-refractivity contribution in [3.05, 3.63) is 71.8 Å². The molecule has 20 heavy (non-hydrogen) atoms. The zero-order valence-corrected chi connectivity index (χ0v) is 10.7. The first-order chi connectivity index (χ1) is 9.65. The zero-order valence-electron chi connectivity index (χ0n) is 10.7. The number of ether oxygens (including phenoxy) is 1. The number of rotatable bonds is 4. The first-order valence-corrected chi connectivity index (χ1v) is 6.04. The number of nitrogens with two attached hydrogens (primary N) is 1. The number of carbonyl (C=O) groups excluding carboxylic acids is 1. The second kappa shape index (κ2) is 6.33. The average Bonchev–Trinajstić information content (AvgIpc) is 2.47. The second-order valence-corrected chi connectivity index (χ2v) is 4.11. The number of hydrogen-bond donors (Lipinski definition) is 2. The molecule has 0 saturated heterocycles. The fourth-order valence-electron chi connectivity index (χ4n) is 1.57. The number of esters is 1. The van der Waals surface area contributed by atoms with Crippen molar-refractivity contribution in [2.75, 3.05) is 0 Å². The van der Waals surface area contributed by atoms with Crippen LogP contribution in [0.25, 0.3) is 6.08 Å². The van der Waals surface area contributed by atoms with Gasteiger partial charge in [-0.05, 0) is 35.9 Å². The van der Waals surface area contributed by atoms with Gasteiger partial charge in [0.2, 0.25) is 0 Å². The Morgan fingerprint density at radius 3 is 2.30 bits per heavy atom. The molecule has 0 bridgehead atoms. The van der Waals surface area contributed by atoms with Crippen LogP contribution >= 0.6 is 0 Å². The van der Waals surface area contributed by atoms with E-state index in [9.17, 15) is 4.79 Å². The molecule has 4 heteroatoms. The molecule has 2 rings (SSSR count). The van der Waals surface area contributed by atoms with Gasteiger partial charge in [0, 0.05) is 0 Å². The van der Waals surface area contributed by atoms with E-state index in [4.69, 9.17) is 15.9 Å². The molecule has 0 aliphatic rings. The van der Waals surface area contributed by atoms with Gasteiger partial charge in [-0.15, -0.1) is 0 Å². The molecule has 0 fully saturated rings. The summed E-state index contributed by atoms with van der Waals surface area (Å²) in [6, 6.07) is 15.8. The van der Waals surface area contributed by atoms with Gasteiger partial charge in [0.15, 0.2) is 0 Å². The van der Waals surface area contributed by atoms with Crippen molar-refractivity contribution in [1.82, 2.24) is 0 Å². The molecule has 3 N–H and O–H groups in total. The van der Waals surface area contributed by atoms with Crippen molar-refractivity contribution >= 4 is 17.9 Å². The number of amidine groups is 1. The molecule has 0 unspecified atom stereocenters. The predicted octanol–water partition coefficient (Wildman–Crippen LogP) is 2.85. The fourth-order valence-corrected chi connectivity index (χ4v) is 1.57. The SMILES string of the molecule is N=C(N)/C=C/c1ccc(OC(=O)c2ccccc2)cc1. The lowest BCUT2D eigenvalue weighted by Gasteiger charge is -2.04. The van der Waals surface area contributed by atoms with Gasteiger partial charge in [-0.2, -0.15) is 0 Å². The third-order valence-electron chi connectivity index (χ3n) is 2.56. The molecule has 100 valence electrons. The smallest absolute Gasteiger partial charge is 0.343 e. The maximum atomic E-state index is 11.8. The molecule has 2 aromatic rings. The summed E-state index contributed by atoms with van der Waals surface area (Å²) >= 11 is 0. The molecule has 0 heterocycles. The summed E-state index contributed by atoms with van der Waals surface area (Å²) in [6.07, 6.45) is 3.20. The van der Waals surface area contributed by atoms with E-state index >= 15 is 0 Å². The van der Waals surface area contributed by atoms with Gasteiger partial charge < -0.3 is 10.5 Å². The molecule has 0 aliphatic heterocycles. The van der Waals surface area contributed by atoms with E-state index in [1.54, 1.807) is 54.6 Å². The van der Waals surface area contributed by atoms with E-state index in [1.807, 2.05) is 6.07 Å². The summed E-state index contributed by atoms with van der Waals surface area (Å²) in [5.41, 5.74) is 6.61. The van der Waals surface area contributed by atoms with Gasteiger partial charge in [-0.25, -0.2) is 4.79 Å². The summed E-state index contributed by atoms with van der Waals surface area (Å²) in [4.78, 5) is 11.8. The molecule has 2 aromatic carbocycles. The Balaban J connectivity index is 2.04. The van der Waals surface area contributed by atoms with E-state index in [2.05, 4.69) is 0 Å². The van der Waals surface area contributed by atoms with Crippen LogP contribution < -0.4 is 10.5 Å². The van der Waals surface area contributed by atoms with Crippen molar-refractivity contribution in [2.24, 2.45) is 5.73 Å². The topological polar surface area (TPSA) is 76.2 Å². The highest BCUT2D eigenvalue weighted by molar-refractivity contribution is 5.92. The van der Waals surface area contributed by atoms with Crippen LogP contribution in [0, 0.1) is 5.41 Å². The van der Waals surface area contributed by atoms with Crippen LogP contribution in [0.2, 0.25) is 0 Å². The first-order valence-electron chi connectivity index (χ1n) is 6.04. The Bertz CT molecular complexity index is 631. The molecule has 0 aromatic heterocycles. The molecule has 0 saturated carbocycles. The Hall–Kier alpha value is -2.88. The highest BCUT2D eigenvalue weighted by atomic mass is 16.5. The third kappa shape index (κ3) is 3.81. The van der Waals surface area contributed by atoms with Crippen LogP contribution in [0.4, 0.5) is 0 Å².